The Kier molecular flexibility index (Phi) is 7.24. The minimum Gasteiger partial charge on any atom is -0.497 e. The highest BCUT2D eigenvalue weighted by Gasteiger charge is 2.17. The second-order valence-electron chi connectivity index (χ2n) is 5.91. The summed E-state index contributed by atoms with van der Waals surface area (Å²) in [7, 11) is 4.34. The molecular formula is C20H19F3N2O4. The lowest BCUT2D eigenvalue weighted by molar-refractivity contribution is -0.129. The molecule has 2 rings (SSSR count). The van der Waals surface area contributed by atoms with E-state index in [1.165, 1.54) is 33.4 Å². The van der Waals surface area contributed by atoms with Gasteiger partial charge in [0.15, 0.2) is 17.5 Å². The Bertz CT molecular complexity index is 948. The third-order valence-corrected chi connectivity index (χ3v) is 3.91. The number of methoxy groups -OCH3 is 2. The van der Waals surface area contributed by atoms with Crippen molar-refractivity contribution in [3.63, 3.8) is 0 Å². The highest BCUT2D eigenvalue weighted by atomic mass is 19.2. The summed E-state index contributed by atoms with van der Waals surface area (Å²) in [6.45, 7) is -0.434. The average molecular weight is 408 g/mol. The number of amides is 2. The lowest BCUT2D eigenvalue weighted by Crippen LogP contribution is -2.34. The lowest BCUT2D eigenvalue weighted by atomic mass is 10.1. The van der Waals surface area contributed by atoms with Gasteiger partial charge in [-0.1, -0.05) is 0 Å². The van der Waals surface area contributed by atoms with Crippen LogP contribution >= 0.6 is 0 Å². The first-order valence-electron chi connectivity index (χ1n) is 8.35. The van der Waals surface area contributed by atoms with Gasteiger partial charge in [-0.05, 0) is 36.4 Å². The van der Waals surface area contributed by atoms with Crippen LogP contribution in [0.5, 0.6) is 11.5 Å². The van der Waals surface area contributed by atoms with Crippen LogP contribution in [0.2, 0.25) is 0 Å². The van der Waals surface area contributed by atoms with Crippen LogP contribution in [0.1, 0.15) is 5.56 Å². The molecule has 6 nitrogen and oxygen atoms in total. The van der Waals surface area contributed by atoms with Gasteiger partial charge in [0.05, 0.1) is 26.5 Å². The second kappa shape index (κ2) is 9.63. The van der Waals surface area contributed by atoms with E-state index in [2.05, 4.69) is 5.32 Å². The summed E-state index contributed by atoms with van der Waals surface area (Å²) in [6, 6.07) is 6.62. The molecular weight excluding hydrogens is 389 g/mol. The number of hydrogen-bond acceptors (Lipinski definition) is 4. The molecule has 0 atom stereocenters. The topological polar surface area (TPSA) is 67.9 Å². The van der Waals surface area contributed by atoms with E-state index in [0.29, 0.717) is 23.1 Å². The molecule has 0 aliphatic heterocycles. The van der Waals surface area contributed by atoms with Gasteiger partial charge in [0.25, 0.3) is 0 Å². The minimum absolute atomic E-state index is 0.434. The standard InChI is InChI=1S/C20H19F3N2O4/c1-25(11-17(26)24-15-7-6-14(21)19(22)20(15)23)18(27)9-4-12-10-13(28-2)5-8-16(12)29-3/h4-10H,11H2,1-3H3,(H,24,26)/b9-4+. The molecule has 9 heteroatoms. The molecule has 0 radical (unpaired) electrons. The van der Waals surface area contributed by atoms with Gasteiger partial charge in [-0.2, -0.15) is 0 Å². The number of benzene rings is 2. The van der Waals surface area contributed by atoms with E-state index in [0.717, 1.165) is 11.0 Å². The molecule has 154 valence electrons. The molecule has 0 heterocycles. The van der Waals surface area contributed by atoms with E-state index in [-0.39, 0.29) is 0 Å². The smallest absolute Gasteiger partial charge is 0.246 e. The van der Waals surface area contributed by atoms with E-state index < -0.39 is 41.5 Å². The number of nitrogens with one attached hydrogen (secondary N) is 1. The molecule has 0 saturated heterocycles. The molecule has 0 aliphatic rings. The van der Waals surface area contributed by atoms with E-state index >= 15 is 0 Å². The Morgan fingerprint density at radius 2 is 1.79 bits per heavy atom. The molecule has 0 saturated carbocycles. The number of nitrogens with zero attached hydrogens (tertiary/aromatic N) is 1. The van der Waals surface area contributed by atoms with Crippen LogP contribution in [0.15, 0.2) is 36.4 Å². The van der Waals surface area contributed by atoms with E-state index in [1.807, 2.05) is 0 Å². The van der Waals surface area contributed by atoms with Crippen LogP contribution in [0, 0.1) is 17.5 Å². The lowest BCUT2D eigenvalue weighted by Gasteiger charge is -2.15. The molecule has 0 aromatic heterocycles. The summed E-state index contributed by atoms with van der Waals surface area (Å²) < 4.78 is 50.1. The van der Waals surface area contributed by atoms with Crippen molar-refractivity contribution in [1.29, 1.82) is 0 Å². The fraction of sp³-hybridized carbons (Fsp3) is 0.200. The minimum atomic E-state index is -1.69. The summed E-state index contributed by atoms with van der Waals surface area (Å²) in [5, 5.41) is 2.10. The molecule has 1 N–H and O–H groups in total. The first-order chi connectivity index (χ1) is 13.8. The fourth-order valence-electron chi connectivity index (χ4n) is 2.36. The maximum absolute atomic E-state index is 13.6. The van der Waals surface area contributed by atoms with Crippen LogP contribution in [-0.2, 0) is 9.59 Å². The highest BCUT2D eigenvalue weighted by molar-refractivity contribution is 5.98. The van der Waals surface area contributed by atoms with Gasteiger partial charge < -0.3 is 19.7 Å². The summed E-state index contributed by atoms with van der Waals surface area (Å²) in [5.74, 6) is -4.79. The predicted octanol–water partition coefficient (Wildman–Crippen LogP) is 3.23. The van der Waals surface area contributed by atoms with Gasteiger partial charge in [-0.15, -0.1) is 0 Å². The summed E-state index contributed by atoms with van der Waals surface area (Å²) >= 11 is 0. The molecule has 0 fully saturated rings. The van der Waals surface area contributed by atoms with Gasteiger partial charge >= 0.3 is 0 Å². The monoisotopic (exact) mass is 408 g/mol. The van der Waals surface area contributed by atoms with Crippen LogP contribution in [-0.4, -0.2) is 44.5 Å². The normalized spacial score (nSPS) is 10.7. The SMILES string of the molecule is COc1ccc(OC)c(/C=C/C(=O)N(C)CC(=O)Nc2ccc(F)c(F)c2F)c1. The number of carbonyl (C=O) groups excluding carboxylic acids is 2. The maximum Gasteiger partial charge on any atom is 0.246 e. The van der Waals surface area contributed by atoms with Crippen LogP contribution in [0.25, 0.3) is 6.08 Å². The number of hydrogen-bond donors (Lipinski definition) is 1. The largest absolute Gasteiger partial charge is 0.497 e. The molecule has 29 heavy (non-hydrogen) atoms. The van der Waals surface area contributed by atoms with Crippen molar-refractivity contribution in [1.82, 2.24) is 4.90 Å². The third-order valence-electron chi connectivity index (χ3n) is 3.91. The maximum atomic E-state index is 13.6. The van der Waals surface area contributed by atoms with Crippen molar-refractivity contribution in [2.45, 2.75) is 0 Å². The number of halogens is 3. The summed E-state index contributed by atoms with van der Waals surface area (Å²) in [4.78, 5) is 25.3. The Balaban J connectivity index is 2.03. The van der Waals surface area contributed by atoms with Crippen LogP contribution < -0.4 is 14.8 Å². The van der Waals surface area contributed by atoms with Crippen molar-refractivity contribution in [3.05, 3.63) is 59.4 Å². The quantitative estimate of drug-likeness (QED) is 0.564. The van der Waals surface area contributed by atoms with Gasteiger partial charge in [0.2, 0.25) is 11.8 Å². The van der Waals surface area contributed by atoms with Crippen LogP contribution in [0.4, 0.5) is 18.9 Å². The zero-order valence-electron chi connectivity index (χ0n) is 16.0. The number of rotatable bonds is 7. The highest BCUT2D eigenvalue weighted by Crippen LogP contribution is 2.25. The zero-order chi connectivity index (χ0) is 21.6. The number of ether oxygens (including phenoxy) is 2. The molecule has 2 aromatic carbocycles. The number of anilines is 1. The van der Waals surface area contributed by atoms with E-state index in [4.69, 9.17) is 9.47 Å². The molecule has 0 unspecified atom stereocenters. The van der Waals surface area contributed by atoms with Crippen molar-refractivity contribution >= 4 is 23.6 Å². The number of carbonyl (C=O) groups is 2. The molecule has 0 spiro atoms. The van der Waals surface area contributed by atoms with Gasteiger partial charge in [0.1, 0.15) is 11.5 Å². The Hall–Kier alpha value is -3.49. The number of likely N-dealkylation sites (N-methyl/N-ethyl adjacent to an activating group) is 1. The average Bonchev–Trinajstić information content (AvgIpc) is 2.71. The van der Waals surface area contributed by atoms with E-state index in [9.17, 15) is 22.8 Å². The van der Waals surface area contributed by atoms with Crippen molar-refractivity contribution in [3.8, 4) is 11.5 Å². The van der Waals surface area contributed by atoms with Gasteiger partial charge in [-0.3, -0.25) is 9.59 Å². The first-order valence-corrected chi connectivity index (χ1v) is 8.35. The molecule has 2 aromatic rings. The van der Waals surface area contributed by atoms with E-state index in [1.54, 1.807) is 18.2 Å². The summed E-state index contributed by atoms with van der Waals surface area (Å²) in [6.07, 6.45) is 2.72. The third kappa shape index (κ3) is 5.50. The van der Waals surface area contributed by atoms with Crippen LogP contribution in [0.3, 0.4) is 0 Å². The Labute approximate surface area is 165 Å². The fourth-order valence-corrected chi connectivity index (χ4v) is 2.36. The van der Waals surface area contributed by atoms with Gasteiger partial charge in [0, 0.05) is 18.7 Å². The van der Waals surface area contributed by atoms with Crippen molar-refractivity contribution in [2.75, 3.05) is 33.1 Å². The summed E-state index contributed by atoms with van der Waals surface area (Å²) in [5.41, 5.74) is 0.0633. The van der Waals surface area contributed by atoms with Gasteiger partial charge in [-0.25, -0.2) is 13.2 Å². The first kappa shape index (κ1) is 21.8. The Morgan fingerprint density at radius 3 is 2.45 bits per heavy atom. The van der Waals surface area contributed by atoms with Crippen molar-refractivity contribution in [2.24, 2.45) is 0 Å². The molecule has 0 aliphatic carbocycles. The molecule has 0 bridgehead atoms. The zero-order valence-corrected chi connectivity index (χ0v) is 16.0. The second-order valence-corrected chi connectivity index (χ2v) is 5.91. The van der Waals surface area contributed by atoms with Crippen molar-refractivity contribution < 1.29 is 32.2 Å². The Morgan fingerprint density at radius 1 is 1.07 bits per heavy atom. The predicted molar refractivity (Wildman–Crippen MR) is 101 cm³/mol. The molecule has 2 amide bonds.